The lowest BCUT2D eigenvalue weighted by Crippen LogP contribution is -1.89. The molecule has 18 heavy (non-hydrogen) atoms. The smallest absolute Gasteiger partial charge is 0.151 e. The fourth-order valence-corrected chi connectivity index (χ4v) is 1.72. The predicted octanol–water partition coefficient (Wildman–Crippen LogP) is 3.31. The first-order chi connectivity index (χ1) is 8.86. The first-order valence-corrected chi connectivity index (χ1v) is 5.33. The number of hydrogen-bond donors (Lipinski definition) is 0. The van der Waals surface area contributed by atoms with Gasteiger partial charge in [0, 0.05) is 16.0 Å². The van der Waals surface area contributed by atoms with Gasteiger partial charge >= 0.3 is 0 Å². The second kappa shape index (κ2) is 5.53. The maximum atomic E-state index is 11.0. The zero-order chi connectivity index (χ0) is 12.8. The quantitative estimate of drug-likeness (QED) is 0.259. The molecule has 0 bridgehead atoms. The highest BCUT2D eigenvalue weighted by Gasteiger charge is 2.03. The number of carbonyl (C=O) groups is 1. The third kappa shape index (κ3) is 2.32. The van der Waals surface area contributed by atoms with Crippen LogP contribution in [0.3, 0.4) is 0 Å². The summed E-state index contributed by atoms with van der Waals surface area (Å²) >= 11 is 0. The van der Waals surface area contributed by atoms with E-state index in [1.807, 2.05) is 30.3 Å². The predicted molar refractivity (Wildman–Crippen MR) is 70.2 cm³/mol. The van der Waals surface area contributed by atoms with E-state index in [4.69, 9.17) is 5.53 Å². The highest BCUT2D eigenvalue weighted by atomic mass is 16.1. The normalized spacial score (nSPS) is 9.11. The van der Waals surface area contributed by atoms with Crippen LogP contribution in [0.5, 0.6) is 0 Å². The largest absolute Gasteiger partial charge is 0.298 e. The van der Waals surface area contributed by atoms with E-state index in [0.29, 0.717) is 11.1 Å². The van der Waals surface area contributed by atoms with Crippen LogP contribution in [-0.2, 0) is 0 Å². The van der Waals surface area contributed by atoms with Crippen molar-refractivity contribution in [1.29, 1.82) is 0 Å². The highest BCUT2D eigenvalue weighted by molar-refractivity contribution is 5.95. The molecule has 0 radical (unpaired) electrons. The number of benzene rings is 2. The fourth-order valence-electron chi connectivity index (χ4n) is 1.72. The summed E-state index contributed by atoms with van der Waals surface area (Å²) in [7, 11) is 0. The van der Waals surface area contributed by atoms with Gasteiger partial charge in [0.05, 0.1) is 6.54 Å². The van der Waals surface area contributed by atoms with Crippen LogP contribution >= 0.6 is 0 Å². The molecular formula is C14H9N3O. The molecule has 0 unspecified atom stereocenters. The average Bonchev–Trinajstić information content (AvgIpc) is 2.43. The van der Waals surface area contributed by atoms with Gasteiger partial charge in [-0.3, -0.25) is 4.79 Å². The fraction of sp³-hybridized carbons (Fsp3) is 0.0714. The van der Waals surface area contributed by atoms with Gasteiger partial charge in [0.25, 0.3) is 0 Å². The van der Waals surface area contributed by atoms with E-state index < -0.39 is 0 Å². The van der Waals surface area contributed by atoms with E-state index in [9.17, 15) is 4.79 Å². The van der Waals surface area contributed by atoms with Gasteiger partial charge < -0.3 is 0 Å². The van der Waals surface area contributed by atoms with E-state index in [2.05, 4.69) is 21.9 Å². The molecule has 0 amide bonds. The van der Waals surface area contributed by atoms with Crippen LogP contribution in [0.2, 0.25) is 0 Å². The zero-order valence-electron chi connectivity index (χ0n) is 9.50. The second-order valence-corrected chi connectivity index (χ2v) is 3.56. The molecule has 2 rings (SSSR count). The molecule has 0 saturated heterocycles. The third-order valence-corrected chi connectivity index (χ3v) is 2.51. The molecule has 2 aromatic carbocycles. The highest BCUT2D eigenvalue weighted by Crippen LogP contribution is 2.20. The van der Waals surface area contributed by atoms with Crippen molar-refractivity contribution in [3.8, 4) is 11.8 Å². The van der Waals surface area contributed by atoms with E-state index >= 15 is 0 Å². The SMILES string of the molecule is [N-]=[N+]=NCC#Cc1c(C=O)ccc2ccccc12. The lowest BCUT2D eigenvalue weighted by Gasteiger charge is -2.03. The number of carbonyl (C=O) groups excluding carboxylic acids is 1. The Morgan fingerprint density at radius 2 is 2.11 bits per heavy atom. The monoisotopic (exact) mass is 235 g/mol. The van der Waals surface area contributed by atoms with Crippen molar-refractivity contribution in [3.63, 3.8) is 0 Å². The number of nitrogens with zero attached hydrogens (tertiary/aromatic N) is 3. The average molecular weight is 235 g/mol. The number of rotatable bonds is 2. The van der Waals surface area contributed by atoms with Crippen molar-refractivity contribution < 1.29 is 4.79 Å². The molecule has 86 valence electrons. The first-order valence-electron chi connectivity index (χ1n) is 5.33. The van der Waals surface area contributed by atoms with Gasteiger partial charge in [-0.15, -0.1) is 0 Å². The van der Waals surface area contributed by atoms with Gasteiger partial charge in [-0.2, -0.15) is 0 Å². The molecule has 4 nitrogen and oxygen atoms in total. The molecule has 0 aliphatic heterocycles. The third-order valence-electron chi connectivity index (χ3n) is 2.51. The van der Waals surface area contributed by atoms with Crippen LogP contribution in [0.25, 0.3) is 21.2 Å². The summed E-state index contributed by atoms with van der Waals surface area (Å²) in [6.07, 6.45) is 0.782. The van der Waals surface area contributed by atoms with Gasteiger partial charge in [-0.05, 0) is 22.4 Å². The lowest BCUT2D eigenvalue weighted by molar-refractivity contribution is 0.112. The van der Waals surface area contributed by atoms with E-state index in [-0.39, 0.29) is 6.54 Å². The van der Waals surface area contributed by atoms with Crippen LogP contribution in [0.1, 0.15) is 15.9 Å². The number of aldehydes is 1. The minimum absolute atomic E-state index is 0.0953. The van der Waals surface area contributed by atoms with E-state index in [0.717, 1.165) is 17.1 Å². The number of azide groups is 1. The molecule has 0 fully saturated rings. The first kappa shape index (κ1) is 11.7. The van der Waals surface area contributed by atoms with Crippen molar-refractivity contribution in [1.82, 2.24) is 0 Å². The maximum Gasteiger partial charge on any atom is 0.151 e. The Labute approximate surface area is 104 Å². The molecule has 0 atom stereocenters. The molecule has 0 aliphatic rings. The zero-order valence-corrected chi connectivity index (χ0v) is 9.50. The van der Waals surface area contributed by atoms with Gasteiger partial charge in [0.15, 0.2) is 6.29 Å². The van der Waals surface area contributed by atoms with Crippen molar-refractivity contribution >= 4 is 17.1 Å². The van der Waals surface area contributed by atoms with Crippen LogP contribution in [0, 0.1) is 11.8 Å². The molecule has 0 N–H and O–H groups in total. The number of fused-ring (bicyclic) bond motifs is 1. The van der Waals surface area contributed by atoms with Crippen molar-refractivity contribution in [2.24, 2.45) is 5.11 Å². The number of hydrogen-bond acceptors (Lipinski definition) is 2. The Kier molecular flexibility index (Phi) is 3.60. The summed E-state index contributed by atoms with van der Waals surface area (Å²) in [5.41, 5.74) is 9.39. The van der Waals surface area contributed by atoms with Gasteiger partial charge in [-0.1, -0.05) is 47.3 Å². The molecule has 4 heteroatoms. The van der Waals surface area contributed by atoms with Crippen LogP contribution in [0.15, 0.2) is 41.5 Å². The van der Waals surface area contributed by atoms with E-state index in [1.54, 1.807) is 6.07 Å². The van der Waals surface area contributed by atoms with Gasteiger partial charge in [-0.25, -0.2) is 0 Å². The molecular weight excluding hydrogens is 226 g/mol. The molecule has 0 saturated carbocycles. The standard InChI is InChI=1S/C14H9N3O/c15-17-16-9-3-6-14-12(10-18)8-7-11-4-1-2-5-13(11)14/h1-2,4-5,7-8,10H,9H2. The molecule has 0 aromatic heterocycles. The van der Waals surface area contributed by atoms with Gasteiger partial charge in [0.2, 0.25) is 0 Å². The Morgan fingerprint density at radius 1 is 1.28 bits per heavy atom. The molecule has 0 spiro atoms. The summed E-state index contributed by atoms with van der Waals surface area (Å²) in [4.78, 5) is 13.6. The molecule has 0 aliphatic carbocycles. The Morgan fingerprint density at radius 3 is 2.89 bits per heavy atom. The summed E-state index contributed by atoms with van der Waals surface area (Å²) in [5.74, 6) is 5.64. The Balaban J connectivity index is 2.60. The van der Waals surface area contributed by atoms with Crippen molar-refractivity contribution in [3.05, 3.63) is 58.0 Å². The Hall–Kier alpha value is -2.76. The van der Waals surface area contributed by atoms with E-state index in [1.165, 1.54) is 0 Å². The summed E-state index contributed by atoms with van der Waals surface area (Å²) in [6, 6.07) is 11.3. The maximum absolute atomic E-state index is 11.0. The summed E-state index contributed by atoms with van der Waals surface area (Å²) < 4.78 is 0. The van der Waals surface area contributed by atoms with Crippen LogP contribution in [0.4, 0.5) is 0 Å². The van der Waals surface area contributed by atoms with Crippen LogP contribution in [-0.4, -0.2) is 12.8 Å². The minimum atomic E-state index is 0.0953. The second-order valence-electron chi connectivity index (χ2n) is 3.56. The summed E-state index contributed by atoms with van der Waals surface area (Å²) in [5, 5.41) is 5.29. The minimum Gasteiger partial charge on any atom is -0.298 e. The molecule has 2 aromatic rings. The Bertz CT molecular complexity index is 704. The van der Waals surface area contributed by atoms with Gasteiger partial charge in [0.1, 0.15) is 0 Å². The molecule has 0 heterocycles. The van der Waals surface area contributed by atoms with Crippen molar-refractivity contribution in [2.45, 2.75) is 0 Å². The summed E-state index contributed by atoms with van der Waals surface area (Å²) in [6.45, 7) is 0.0953. The van der Waals surface area contributed by atoms with Crippen molar-refractivity contribution in [2.75, 3.05) is 6.54 Å². The van der Waals surface area contributed by atoms with Crippen LogP contribution < -0.4 is 0 Å². The topological polar surface area (TPSA) is 65.8 Å². The lowest BCUT2D eigenvalue weighted by atomic mass is 10.00.